The van der Waals surface area contributed by atoms with Crippen LogP contribution in [0.3, 0.4) is 0 Å². The number of hydrogen-bond donors (Lipinski definition) is 2. The summed E-state index contributed by atoms with van der Waals surface area (Å²) in [5.41, 5.74) is 1.03. The third kappa shape index (κ3) is 4.68. The minimum absolute atomic E-state index is 0.0778. The fourth-order valence-corrected chi connectivity index (χ4v) is 3.08. The number of hydrogen-bond acceptors (Lipinski definition) is 4. The molecule has 0 radical (unpaired) electrons. The summed E-state index contributed by atoms with van der Waals surface area (Å²) in [6.45, 7) is 1.75. The summed E-state index contributed by atoms with van der Waals surface area (Å²) in [4.78, 5) is 24.5. The van der Waals surface area contributed by atoms with Gasteiger partial charge in [0, 0.05) is 23.2 Å². The lowest BCUT2D eigenvalue weighted by molar-refractivity contribution is 0.0932. The first-order valence-electron chi connectivity index (χ1n) is 8.77. The minimum atomic E-state index is -0.288. The van der Waals surface area contributed by atoms with E-state index in [0.29, 0.717) is 22.7 Å². The van der Waals surface area contributed by atoms with Crippen LogP contribution >= 0.6 is 0 Å². The smallest absolute Gasteiger partial charge is 0.256 e. The topological polar surface area (TPSA) is 84.2 Å². The molecule has 1 fully saturated rings. The van der Waals surface area contributed by atoms with E-state index < -0.39 is 0 Å². The van der Waals surface area contributed by atoms with Crippen molar-refractivity contribution in [3.63, 3.8) is 0 Å². The van der Waals surface area contributed by atoms with Gasteiger partial charge in [-0.1, -0.05) is 30.8 Å². The fourth-order valence-electron chi connectivity index (χ4n) is 3.08. The Morgan fingerprint density at radius 2 is 1.60 bits per heavy atom. The van der Waals surface area contributed by atoms with Crippen molar-refractivity contribution in [2.45, 2.75) is 51.5 Å². The molecule has 25 heavy (non-hydrogen) atoms. The van der Waals surface area contributed by atoms with Crippen molar-refractivity contribution in [1.82, 2.24) is 10.5 Å². The molecule has 2 N–H and O–H groups in total. The fraction of sp³-hybridized carbons (Fsp3) is 0.421. The summed E-state index contributed by atoms with van der Waals surface area (Å²) in [7, 11) is 0. The molecule has 2 amide bonds. The van der Waals surface area contributed by atoms with E-state index in [-0.39, 0.29) is 17.9 Å². The van der Waals surface area contributed by atoms with Gasteiger partial charge in [-0.25, -0.2) is 0 Å². The molecule has 2 aromatic rings. The van der Waals surface area contributed by atoms with E-state index in [2.05, 4.69) is 15.8 Å². The number of aryl methyl sites for hydroxylation is 1. The average Bonchev–Trinajstić information content (AvgIpc) is 2.85. The molecular weight excluding hydrogens is 318 g/mol. The molecule has 6 heteroatoms. The van der Waals surface area contributed by atoms with Gasteiger partial charge < -0.3 is 15.2 Å². The molecule has 0 saturated heterocycles. The quantitative estimate of drug-likeness (QED) is 0.831. The number of carbonyl (C=O) groups excluding carboxylic acids is 2. The number of amides is 2. The second-order valence-corrected chi connectivity index (χ2v) is 6.52. The van der Waals surface area contributed by atoms with Gasteiger partial charge in [-0.15, -0.1) is 0 Å². The summed E-state index contributed by atoms with van der Waals surface area (Å²) in [5.74, 6) is 0.633. The lowest BCUT2D eigenvalue weighted by Crippen LogP contribution is -2.34. The zero-order chi connectivity index (χ0) is 17.6. The van der Waals surface area contributed by atoms with Crippen LogP contribution in [0.5, 0.6) is 0 Å². The third-order valence-electron chi connectivity index (χ3n) is 4.47. The van der Waals surface area contributed by atoms with Gasteiger partial charge in [-0.05, 0) is 44.0 Å². The Morgan fingerprint density at radius 3 is 2.16 bits per heavy atom. The average molecular weight is 341 g/mol. The number of nitrogens with zero attached hydrogens (tertiary/aromatic N) is 1. The van der Waals surface area contributed by atoms with Gasteiger partial charge in [0.2, 0.25) is 0 Å². The number of rotatable bonds is 4. The molecule has 1 saturated carbocycles. The van der Waals surface area contributed by atoms with Crippen molar-refractivity contribution in [2.75, 3.05) is 5.32 Å². The van der Waals surface area contributed by atoms with E-state index in [1.54, 1.807) is 37.3 Å². The molecule has 0 aliphatic heterocycles. The number of nitrogens with one attached hydrogen (secondary N) is 2. The van der Waals surface area contributed by atoms with Gasteiger partial charge in [-0.3, -0.25) is 9.59 Å². The molecule has 0 bridgehead atoms. The summed E-state index contributed by atoms with van der Waals surface area (Å²) in [6.07, 6.45) is 6.94. The van der Waals surface area contributed by atoms with Gasteiger partial charge in [0.05, 0.1) is 0 Å². The molecule has 3 rings (SSSR count). The highest BCUT2D eigenvalue weighted by molar-refractivity contribution is 6.04. The highest BCUT2D eigenvalue weighted by Crippen LogP contribution is 2.18. The molecule has 0 unspecified atom stereocenters. The summed E-state index contributed by atoms with van der Waals surface area (Å²) in [6, 6.07) is 8.54. The number of benzene rings is 1. The third-order valence-corrected chi connectivity index (χ3v) is 4.47. The maximum atomic E-state index is 12.4. The number of anilines is 1. The van der Waals surface area contributed by atoms with Gasteiger partial charge in [0.15, 0.2) is 5.82 Å². The van der Waals surface area contributed by atoms with Gasteiger partial charge in [0.25, 0.3) is 11.8 Å². The lowest BCUT2D eigenvalue weighted by atomic mass is 10.1. The zero-order valence-electron chi connectivity index (χ0n) is 14.4. The summed E-state index contributed by atoms with van der Waals surface area (Å²) < 4.78 is 4.92. The van der Waals surface area contributed by atoms with Crippen LogP contribution in [0, 0.1) is 6.92 Å². The summed E-state index contributed by atoms with van der Waals surface area (Å²) >= 11 is 0. The van der Waals surface area contributed by atoms with Crippen molar-refractivity contribution in [3.05, 3.63) is 47.2 Å². The van der Waals surface area contributed by atoms with E-state index in [1.165, 1.54) is 25.7 Å². The number of aromatic nitrogens is 1. The monoisotopic (exact) mass is 341 g/mol. The predicted molar refractivity (Wildman–Crippen MR) is 94.6 cm³/mol. The van der Waals surface area contributed by atoms with E-state index in [4.69, 9.17) is 4.52 Å². The highest BCUT2D eigenvalue weighted by Gasteiger charge is 2.16. The van der Waals surface area contributed by atoms with Crippen LogP contribution < -0.4 is 10.6 Å². The van der Waals surface area contributed by atoms with Crippen molar-refractivity contribution in [3.8, 4) is 0 Å². The van der Waals surface area contributed by atoms with Crippen molar-refractivity contribution < 1.29 is 14.1 Å². The molecule has 0 spiro atoms. The zero-order valence-corrected chi connectivity index (χ0v) is 14.4. The highest BCUT2D eigenvalue weighted by atomic mass is 16.5. The molecule has 1 heterocycles. The van der Waals surface area contributed by atoms with Crippen LogP contribution in [0.1, 0.15) is 65.0 Å². The molecular formula is C19H23N3O3. The Bertz CT molecular complexity index is 729. The standard InChI is InChI=1S/C19H23N3O3/c1-13-12-17(22-25-13)21-19(24)15-10-8-14(9-11-15)18(23)20-16-6-4-2-3-5-7-16/h8-12,16H,2-7H2,1H3,(H,20,23)(H,21,22,24). The van der Waals surface area contributed by atoms with E-state index in [9.17, 15) is 9.59 Å². The number of carbonyl (C=O) groups is 2. The van der Waals surface area contributed by atoms with Crippen molar-refractivity contribution in [2.24, 2.45) is 0 Å². The lowest BCUT2D eigenvalue weighted by Gasteiger charge is -2.16. The molecule has 6 nitrogen and oxygen atoms in total. The van der Waals surface area contributed by atoms with Gasteiger partial charge >= 0.3 is 0 Å². The Hall–Kier alpha value is -2.63. The van der Waals surface area contributed by atoms with E-state index in [1.807, 2.05) is 0 Å². The molecule has 1 aliphatic carbocycles. The molecule has 0 atom stereocenters. The minimum Gasteiger partial charge on any atom is -0.360 e. The van der Waals surface area contributed by atoms with Crippen LogP contribution in [-0.4, -0.2) is 23.0 Å². The second kappa shape index (κ2) is 7.96. The van der Waals surface area contributed by atoms with Crippen LogP contribution in [-0.2, 0) is 0 Å². The normalized spacial score (nSPS) is 15.4. The van der Waals surface area contributed by atoms with Crippen molar-refractivity contribution >= 4 is 17.6 Å². The largest absolute Gasteiger partial charge is 0.360 e. The maximum absolute atomic E-state index is 12.4. The molecule has 1 aromatic heterocycles. The van der Waals surface area contributed by atoms with Gasteiger partial charge in [-0.2, -0.15) is 0 Å². The Morgan fingerprint density at radius 1 is 1.00 bits per heavy atom. The Labute approximate surface area is 147 Å². The Kier molecular flexibility index (Phi) is 5.48. The first-order chi connectivity index (χ1) is 12.1. The van der Waals surface area contributed by atoms with Crippen LogP contribution in [0.15, 0.2) is 34.9 Å². The first kappa shape index (κ1) is 17.2. The van der Waals surface area contributed by atoms with Crippen LogP contribution in [0.4, 0.5) is 5.82 Å². The van der Waals surface area contributed by atoms with Crippen LogP contribution in [0.2, 0.25) is 0 Å². The maximum Gasteiger partial charge on any atom is 0.256 e. The Balaban J connectivity index is 1.59. The first-order valence-corrected chi connectivity index (χ1v) is 8.77. The predicted octanol–water partition coefficient (Wildman–Crippen LogP) is 3.69. The van der Waals surface area contributed by atoms with Gasteiger partial charge in [0.1, 0.15) is 5.76 Å². The molecule has 132 valence electrons. The van der Waals surface area contributed by atoms with Crippen molar-refractivity contribution in [1.29, 1.82) is 0 Å². The second-order valence-electron chi connectivity index (χ2n) is 6.52. The van der Waals surface area contributed by atoms with E-state index >= 15 is 0 Å². The molecule has 1 aromatic carbocycles. The SMILES string of the molecule is Cc1cc(NC(=O)c2ccc(C(=O)NC3CCCCCC3)cc2)no1. The van der Waals surface area contributed by atoms with Crippen LogP contribution in [0.25, 0.3) is 0 Å². The summed E-state index contributed by atoms with van der Waals surface area (Å²) in [5, 5.41) is 9.49. The molecule has 1 aliphatic rings. The van der Waals surface area contributed by atoms with E-state index in [0.717, 1.165) is 12.8 Å².